The summed E-state index contributed by atoms with van der Waals surface area (Å²) < 4.78 is 16.4. The SMILES string of the molecule is C=CC(=O)NC1CCCC(Nc2c3ccc(-c4ccccc4F)cc3nn2CCCN(C)C)C1. The second-order valence-corrected chi connectivity index (χ2v) is 9.36. The predicted octanol–water partition coefficient (Wildman–Crippen LogP) is 4.82. The highest BCUT2D eigenvalue weighted by Gasteiger charge is 2.24. The van der Waals surface area contributed by atoms with E-state index >= 15 is 0 Å². The topological polar surface area (TPSA) is 62.2 Å². The summed E-state index contributed by atoms with van der Waals surface area (Å²) in [6.45, 7) is 5.31. The molecule has 1 amide bonds. The first-order valence-corrected chi connectivity index (χ1v) is 12.0. The number of anilines is 1. The van der Waals surface area contributed by atoms with Crippen LogP contribution in [0, 0.1) is 5.82 Å². The summed E-state index contributed by atoms with van der Waals surface area (Å²) in [5.41, 5.74) is 2.24. The number of benzene rings is 2. The molecule has 3 aromatic rings. The van der Waals surface area contributed by atoms with Gasteiger partial charge in [0.05, 0.1) is 5.52 Å². The Bertz CT molecular complexity index is 1160. The third-order valence-electron chi connectivity index (χ3n) is 6.45. The molecular weight excluding hydrogens is 429 g/mol. The number of halogens is 1. The number of hydrogen-bond donors (Lipinski definition) is 2. The number of carbonyl (C=O) groups is 1. The Morgan fingerprint density at radius 3 is 2.79 bits per heavy atom. The van der Waals surface area contributed by atoms with E-state index in [9.17, 15) is 9.18 Å². The highest BCUT2D eigenvalue weighted by molar-refractivity contribution is 5.93. The van der Waals surface area contributed by atoms with Crippen LogP contribution in [-0.2, 0) is 11.3 Å². The summed E-state index contributed by atoms with van der Waals surface area (Å²) in [6.07, 6.45) is 6.22. The lowest BCUT2D eigenvalue weighted by molar-refractivity contribution is -0.117. The van der Waals surface area contributed by atoms with E-state index in [1.807, 2.05) is 28.9 Å². The molecule has 0 bridgehead atoms. The van der Waals surface area contributed by atoms with E-state index in [-0.39, 0.29) is 23.8 Å². The Kier molecular flexibility index (Phi) is 7.63. The van der Waals surface area contributed by atoms with Gasteiger partial charge in [-0.15, -0.1) is 0 Å². The van der Waals surface area contributed by atoms with E-state index in [1.165, 1.54) is 12.1 Å². The largest absolute Gasteiger partial charge is 0.367 e. The molecule has 0 saturated heterocycles. The Hall–Kier alpha value is -3.19. The molecule has 2 N–H and O–H groups in total. The fourth-order valence-electron chi connectivity index (χ4n) is 4.75. The van der Waals surface area contributed by atoms with E-state index in [0.29, 0.717) is 5.56 Å². The van der Waals surface area contributed by atoms with E-state index in [2.05, 4.69) is 36.2 Å². The molecule has 2 atom stereocenters. The summed E-state index contributed by atoms with van der Waals surface area (Å²) in [5.74, 6) is 0.639. The highest BCUT2D eigenvalue weighted by Crippen LogP contribution is 2.32. The van der Waals surface area contributed by atoms with Gasteiger partial charge in [0, 0.05) is 29.6 Å². The van der Waals surface area contributed by atoms with Crippen molar-refractivity contribution in [2.75, 3.05) is 26.0 Å². The highest BCUT2D eigenvalue weighted by atomic mass is 19.1. The molecule has 1 heterocycles. The number of carbonyl (C=O) groups excluding carboxylic acids is 1. The summed E-state index contributed by atoms with van der Waals surface area (Å²) in [6, 6.07) is 13.2. The summed E-state index contributed by atoms with van der Waals surface area (Å²) in [4.78, 5) is 14.0. The molecular formula is C27H34FN5O. The Labute approximate surface area is 200 Å². The lowest BCUT2D eigenvalue weighted by Gasteiger charge is -2.31. The number of hydrogen-bond acceptors (Lipinski definition) is 4. The van der Waals surface area contributed by atoms with E-state index in [0.717, 1.165) is 67.5 Å². The number of nitrogens with one attached hydrogen (secondary N) is 2. The molecule has 0 spiro atoms. The van der Waals surface area contributed by atoms with Crippen LogP contribution < -0.4 is 10.6 Å². The van der Waals surface area contributed by atoms with Crippen molar-refractivity contribution >= 4 is 22.6 Å². The average molecular weight is 464 g/mol. The fraction of sp³-hybridized carbons (Fsp3) is 0.407. The zero-order valence-electron chi connectivity index (χ0n) is 20.1. The summed E-state index contributed by atoms with van der Waals surface area (Å²) >= 11 is 0. The molecule has 1 aliphatic carbocycles. The maximum Gasteiger partial charge on any atom is 0.243 e. The molecule has 1 fully saturated rings. The molecule has 6 nitrogen and oxygen atoms in total. The van der Waals surface area contributed by atoms with Gasteiger partial charge in [-0.25, -0.2) is 9.07 Å². The van der Waals surface area contributed by atoms with Crippen molar-refractivity contribution in [3.05, 3.63) is 60.9 Å². The second-order valence-electron chi connectivity index (χ2n) is 9.36. The number of fused-ring (bicyclic) bond motifs is 1. The van der Waals surface area contributed by atoms with Crippen LogP contribution in [0.25, 0.3) is 22.0 Å². The van der Waals surface area contributed by atoms with Crippen LogP contribution in [0.2, 0.25) is 0 Å². The van der Waals surface area contributed by atoms with Gasteiger partial charge in [-0.05, 0) is 82.6 Å². The van der Waals surface area contributed by atoms with E-state index in [1.54, 1.807) is 12.1 Å². The molecule has 0 aliphatic heterocycles. The Morgan fingerprint density at radius 1 is 1.24 bits per heavy atom. The van der Waals surface area contributed by atoms with E-state index < -0.39 is 0 Å². The summed E-state index contributed by atoms with van der Waals surface area (Å²) in [7, 11) is 4.14. The van der Waals surface area contributed by atoms with Gasteiger partial charge in [0.2, 0.25) is 5.91 Å². The van der Waals surface area contributed by atoms with Gasteiger partial charge in [-0.2, -0.15) is 5.10 Å². The molecule has 0 radical (unpaired) electrons. The van der Waals surface area contributed by atoms with Crippen molar-refractivity contribution in [3.8, 4) is 11.1 Å². The quantitative estimate of drug-likeness (QED) is 0.447. The van der Waals surface area contributed by atoms with Crippen LogP contribution in [0.15, 0.2) is 55.1 Å². The van der Waals surface area contributed by atoms with Gasteiger partial charge in [0.15, 0.2) is 0 Å². The molecule has 180 valence electrons. The fourth-order valence-corrected chi connectivity index (χ4v) is 4.75. The first-order chi connectivity index (χ1) is 16.4. The van der Waals surface area contributed by atoms with Gasteiger partial charge < -0.3 is 15.5 Å². The number of rotatable bonds is 9. The zero-order valence-corrected chi connectivity index (χ0v) is 20.1. The molecule has 1 aliphatic rings. The average Bonchev–Trinajstić information content (AvgIpc) is 3.15. The maximum absolute atomic E-state index is 14.4. The van der Waals surface area contributed by atoms with E-state index in [4.69, 9.17) is 5.10 Å². The van der Waals surface area contributed by atoms with Crippen LogP contribution in [0.5, 0.6) is 0 Å². The van der Waals surface area contributed by atoms with Crippen LogP contribution in [0.4, 0.5) is 10.2 Å². The van der Waals surface area contributed by atoms with Crippen LogP contribution in [0.3, 0.4) is 0 Å². The Morgan fingerprint density at radius 2 is 2.03 bits per heavy atom. The van der Waals surface area contributed by atoms with Crippen molar-refractivity contribution < 1.29 is 9.18 Å². The Balaban J connectivity index is 1.62. The molecule has 34 heavy (non-hydrogen) atoms. The van der Waals surface area contributed by atoms with Gasteiger partial charge in [0.25, 0.3) is 0 Å². The van der Waals surface area contributed by atoms with Crippen LogP contribution >= 0.6 is 0 Å². The monoisotopic (exact) mass is 463 g/mol. The van der Waals surface area contributed by atoms with Crippen molar-refractivity contribution in [1.29, 1.82) is 0 Å². The third kappa shape index (κ3) is 5.65. The number of nitrogens with zero attached hydrogens (tertiary/aromatic N) is 3. The number of amides is 1. The minimum atomic E-state index is -0.236. The molecule has 2 aromatic carbocycles. The lowest BCUT2D eigenvalue weighted by Crippen LogP contribution is -2.41. The van der Waals surface area contributed by atoms with Crippen LogP contribution in [0.1, 0.15) is 32.1 Å². The maximum atomic E-state index is 14.4. The van der Waals surface area contributed by atoms with Gasteiger partial charge >= 0.3 is 0 Å². The smallest absolute Gasteiger partial charge is 0.243 e. The molecule has 1 saturated carbocycles. The third-order valence-corrected chi connectivity index (χ3v) is 6.45. The first kappa shape index (κ1) is 24.0. The van der Waals surface area contributed by atoms with Gasteiger partial charge in [-0.1, -0.05) is 30.8 Å². The van der Waals surface area contributed by atoms with Crippen molar-refractivity contribution in [2.24, 2.45) is 0 Å². The normalized spacial score (nSPS) is 18.2. The van der Waals surface area contributed by atoms with Gasteiger partial charge in [-0.3, -0.25) is 4.79 Å². The molecule has 2 unspecified atom stereocenters. The van der Waals surface area contributed by atoms with Crippen molar-refractivity contribution in [1.82, 2.24) is 20.0 Å². The van der Waals surface area contributed by atoms with Crippen molar-refractivity contribution in [3.63, 3.8) is 0 Å². The first-order valence-electron chi connectivity index (χ1n) is 12.0. The standard InChI is InChI=1S/C27H34FN5O/c1-4-26(34)29-20-9-7-10-21(18-20)30-27-23-14-13-19(22-11-5-6-12-24(22)28)17-25(23)31-33(27)16-8-15-32(2)3/h4-6,11-14,17,20-21,30H,1,7-10,15-16,18H2,2-3H3,(H,29,34). The van der Waals surface area contributed by atoms with Crippen LogP contribution in [-0.4, -0.2) is 53.3 Å². The zero-order chi connectivity index (χ0) is 24.1. The molecule has 7 heteroatoms. The molecule has 1 aromatic heterocycles. The minimum absolute atomic E-state index is 0.120. The number of aromatic nitrogens is 2. The van der Waals surface area contributed by atoms with Gasteiger partial charge in [0.1, 0.15) is 11.6 Å². The lowest BCUT2D eigenvalue weighted by atomic mass is 9.91. The predicted molar refractivity (Wildman–Crippen MR) is 136 cm³/mol. The second kappa shape index (κ2) is 10.8. The number of aryl methyl sites for hydroxylation is 1. The minimum Gasteiger partial charge on any atom is -0.367 e. The summed E-state index contributed by atoms with van der Waals surface area (Å²) in [5, 5.41) is 12.7. The van der Waals surface area contributed by atoms with Crippen molar-refractivity contribution in [2.45, 2.75) is 50.7 Å². The molecule has 4 rings (SSSR count).